The third-order valence-corrected chi connectivity index (χ3v) is 11.8. The molecule has 0 aliphatic carbocycles. The number of esters is 1. The zero-order valence-electron chi connectivity index (χ0n) is 37.2. The normalized spacial score (nSPS) is 15.7. The maximum absolute atomic E-state index is 14.4. The number of aryl methyl sites for hydroxylation is 1. The minimum absolute atomic E-state index is 0.0310. The number of hydrogen-bond acceptors (Lipinski definition) is 10. The smallest absolute Gasteiger partial charge is 0.326 e. The van der Waals surface area contributed by atoms with Crippen LogP contribution < -0.4 is 26.6 Å². The lowest BCUT2D eigenvalue weighted by molar-refractivity contribution is -0.163. The van der Waals surface area contributed by atoms with Gasteiger partial charge in [0.05, 0.1) is 25.8 Å². The summed E-state index contributed by atoms with van der Waals surface area (Å²) in [6.45, 7) is 10.9. The Bertz CT molecular complexity index is 1850. The van der Waals surface area contributed by atoms with Crippen molar-refractivity contribution < 1.29 is 43.0 Å². The number of nitrogens with zero attached hydrogens (tertiary/aromatic N) is 1. The van der Waals surface area contributed by atoms with Gasteiger partial charge < -0.3 is 36.1 Å². The molecule has 63 heavy (non-hydrogen) atoms. The van der Waals surface area contributed by atoms with Gasteiger partial charge in [0, 0.05) is 36.8 Å². The number of carbonyl (C=O) groups excluding carboxylic acids is 7. The summed E-state index contributed by atoms with van der Waals surface area (Å²) in [5.74, 6) is -1.73. The predicted octanol–water partition coefficient (Wildman–Crippen LogP) is 3.06. The van der Waals surface area contributed by atoms with Crippen molar-refractivity contribution >= 4 is 63.9 Å². The number of ketones is 1. The van der Waals surface area contributed by atoms with Crippen LogP contribution in [0, 0.1) is 24.2 Å². The molecule has 344 valence electrons. The molecule has 1 heterocycles. The summed E-state index contributed by atoms with van der Waals surface area (Å²) < 4.78 is 11.1. The van der Waals surface area contributed by atoms with Gasteiger partial charge >= 0.3 is 5.97 Å². The standard InChI is InChI=1S/C47H65IN6O9/c1-7-8-19-40(55)49-29-42(57)63-47(6,31-48)43(58)37(26-32(2)3)51-46(61)39(28-35-17-13-10-14-18-35)53-45(60)38(27-33(4)5)52-44(59)36(21-20-34-15-11-9-12-16-34)50-41(56)30-54-22-24-62-25-23-54/h1,9-18,32-33,36-39H,8,19-31H2,2-6H3,(H,49,55)(H,50,56)(H,51,61)(H,52,59)(H,53,60)/t36-,37-,38-,39-,47?/m0/s1. The van der Waals surface area contributed by atoms with E-state index in [-0.39, 0.29) is 67.2 Å². The first kappa shape index (κ1) is 52.5. The van der Waals surface area contributed by atoms with Crippen molar-refractivity contribution in [1.29, 1.82) is 0 Å². The van der Waals surface area contributed by atoms with Crippen molar-refractivity contribution in [3.8, 4) is 12.3 Å². The van der Waals surface area contributed by atoms with Crippen LogP contribution in [-0.2, 0) is 55.9 Å². The van der Waals surface area contributed by atoms with E-state index in [9.17, 15) is 33.6 Å². The highest BCUT2D eigenvalue weighted by Gasteiger charge is 2.42. The van der Waals surface area contributed by atoms with Gasteiger partial charge in [-0.25, -0.2) is 0 Å². The molecule has 5 atom stereocenters. The Morgan fingerprint density at radius 3 is 1.89 bits per heavy atom. The quantitative estimate of drug-likeness (QED) is 0.0404. The van der Waals surface area contributed by atoms with E-state index in [0.717, 1.165) is 11.1 Å². The van der Waals surface area contributed by atoms with E-state index in [4.69, 9.17) is 15.9 Å². The molecule has 1 aliphatic rings. The molecule has 1 aliphatic heterocycles. The number of hydrogen-bond donors (Lipinski definition) is 5. The van der Waals surface area contributed by atoms with Crippen molar-refractivity contribution in [2.24, 2.45) is 11.8 Å². The molecule has 3 rings (SSSR count). The van der Waals surface area contributed by atoms with Crippen LogP contribution in [0.25, 0.3) is 0 Å². The number of morpholine rings is 1. The molecule has 0 bridgehead atoms. The number of amides is 5. The van der Waals surface area contributed by atoms with Gasteiger partial charge in [-0.1, -0.05) is 111 Å². The average molecular weight is 985 g/mol. The Kier molecular flexibility index (Phi) is 22.8. The molecule has 1 saturated heterocycles. The van der Waals surface area contributed by atoms with Gasteiger partial charge in [-0.15, -0.1) is 12.3 Å². The highest BCUT2D eigenvalue weighted by Crippen LogP contribution is 2.22. The van der Waals surface area contributed by atoms with Crippen LogP contribution in [0.1, 0.15) is 77.8 Å². The molecule has 2 aromatic rings. The van der Waals surface area contributed by atoms with Crippen LogP contribution in [0.15, 0.2) is 60.7 Å². The van der Waals surface area contributed by atoms with Gasteiger partial charge in [0.1, 0.15) is 24.7 Å². The maximum atomic E-state index is 14.4. The van der Waals surface area contributed by atoms with E-state index in [1.54, 1.807) is 12.1 Å². The predicted molar refractivity (Wildman–Crippen MR) is 248 cm³/mol. The van der Waals surface area contributed by atoms with Crippen LogP contribution in [0.4, 0.5) is 0 Å². The third kappa shape index (κ3) is 19.2. The minimum Gasteiger partial charge on any atom is -0.449 e. The van der Waals surface area contributed by atoms with Crippen LogP contribution in [0.2, 0.25) is 0 Å². The second-order valence-electron chi connectivity index (χ2n) is 16.8. The molecule has 2 aromatic carbocycles. The van der Waals surface area contributed by atoms with Crippen LogP contribution in [0.5, 0.6) is 0 Å². The summed E-state index contributed by atoms with van der Waals surface area (Å²) >= 11 is 1.94. The molecule has 5 N–H and O–H groups in total. The van der Waals surface area contributed by atoms with Crippen LogP contribution in [0.3, 0.4) is 0 Å². The summed E-state index contributed by atoms with van der Waals surface area (Å²) in [4.78, 5) is 97.2. The maximum Gasteiger partial charge on any atom is 0.326 e. The second-order valence-corrected chi connectivity index (χ2v) is 17.6. The average Bonchev–Trinajstić information content (AvgIpc) is 3.25. The molecule has 1 fully saturated rings. The van der Waals surface area contributed by atoms with Gasteiger partial charge in [-0.3, -0.25) is 38.5 Å². The molecule has 0 aromatic heterocycles. The first-order valence-corrected chi connectivity index (χ1v) is 23.2. The summed E-state index contributed by atoms with van der Waals surface area (Å²) in [5.41, 5.74) is 0.0390. The number of Topliss-reactive ketones (excluding diaryl/α,β-unsaturated/α-hetero) is 1. The van der Waals surface area contributed by atoms with E-state index in [1.165, 1.54) is 6.92 Å². The van der Waals surface area contributed by atoms with E-state index in [2.05, 4.69) is 32.5 Å². The molecule has 0 saturated carbocycles. The second kappa shape index (κ2) is 27.4. The fraction of sp³-hybridized carbons (Fsp3) is 0.553. The lowest BCUT2D eigenvalue weighted by atomic mass is 9.90. The highest BCUT2D eigenvalue weighted by molar-refractivity contribution is 14.1. The first-order valence-electron chi connectivity index (χ1n) is 21.6. The molecule has 0 radical (unpaired) electrons. The Hall–Kier alpha value is -4.86. The fourth-order valence-corrected chi connectivity index (χ4v) is 7.48. The van der Waals surface area contributed by atoms with Gasteiger partial charge in [-0.05, 0) is 55.6 Å². The third-order valence-electron chi connectivity index (χ3n) is 10.3. The highest BCUT2D eigenvalue weighted by atomic mass is 127. The van der Waals surface area contributed by atoms with Crippen LogP contribution in [-0.4, -0.2) is 120 Å². The summed E-state index contributed by atoms with van der Waals surface area (Å²) in [7, 11) is 0. The molecule has 5 amide bonds. The van der Waals surface area contributed by atoms with Crippen molar-refractivity contribution in [1.82, 2.24) is 31.5 Å². The number of alkyl halides is 1. The molecule has 15 nitrogen and oxygen atoms in total. The monoisotopic (exact) mass is 984 g/mol. The zero-order chi connectivity index (χ0) is 46.4. The Morgan fingerprint density at radius 2 is 1.30 bits per heavy atom. The topological polar surface area (TPSA) is 201 Å². The van der Waals surface area contributed by atoms with E-state index < -0.39 is 71.7 Å². The first-order chi connectivity index (χ1) is 30.0. The van der Waals surface area contributed by atoms with Crippen LogP contribution >= 0.6 is 22.6 Å². The number of carbonyl (C=O) groups is 7. The Morgan fingerprint density at radius 1 is 0.762 bits per heavy atom. The minimum atomic E-state index is -1.67. The number of terminal acetylenes is 1. The van der Waals surface area contributed by atoms with E-state index in [1.807, 2.05) is 104 Å². The van der Waals surface area contributed by atoms with Crippen molar-refractivity contribution in [2.75, 3.05) is 43.8 Å². The number of halogens is 1. The van der Waals surface area contributed by atoms with Gasteiger partial charge in [0.25, 0.3) is 0 Å². The van der Waals surface area contributed by atoms with Crippen molar-refractivity contribution in [2.45, 2.75) is 109 Å². The molecule has 16 heteroatoms. The number of ether oxygens (including phenoxy) is 2. The SMILES string of the molecule is C#CCCC(=O)NCC(=O)OC(C)(CI)C(=O)[C@H](CC(C)C)NC(=O)[C@H](Cc1ccccc1)NC(=O)[C@H](CC(C)C)NC(=O)[C@H](CCc1ccccc1)NC(=O)CN1CCOCC1. The Labute approximate surface area is 385 Å². The summed E-state index contributed by atoms with van der Waals surface area (Å²) in [6.07, 6.45) is 6.69. The summed E-state index contributed by atoms with van der Waals surface area (Å²) in [5, 5.41) is 14.0. The van der Waals surface area contributed by atoms with E-state index in [0.29, 0.717) is 32.7 Å². The lowest BCUT2D eigenvalue weighted by Crippen LogP contribution is -2.60. The number of nitrogens with one attached hydrogen (secondary N) is 5. The zero-order valence-corrected chi connectivity index (χ0v) is 39.4. The van der Waals surface area contributed by atoms with Crippen molar-refractivity contribution in [3.05, 3.63) is 71.8 Å². The van der Waals surface area contributed by atoms with Gasteiger partial charge in [-0.2, -0.15) is 0 Å². The van der Waals surface area contributed by atoms with Crippen molar-refractivity contribution in [3.63, 3.8) is 0 Å². The van der Waals surface area contributed by atoms with Gasteiger partial charge in [0.2, 0.25) is 29.5 Å². The molecular formula is C47H65IN6O9. The molecule has 1 unspecified atom stereocenters. The Balaban J connectivity index is 1.85. The van der Waals surface area contributed by atoms with E-state index >= 15 is 0 Å². The van der Waals surface area contributed by atoms with Gasteiger partial charge in [0.15, 0.2) is 11.4 Å². The number of benzene rings is 2. The largest absolute Gasteiger partial charge is 0.449 e. The molecule has 0 spiro atoms. The lowest BCUT2D eigenvalue weighted by Gasteiger charge is -2.32. The molecular weight excluding hydrogens is 919 g/mol. The summed E-state index contributed by atoms with van der Waals surface area (Å²) in [6, 6.07) is 14.3. The number of rotatable bonds is 26. The fourth-order valence-electron chi connectivity index (χ4n) is 6.95.